The lowest BCUT2D eigenvalue weighted by molar-refractivity contribution is 0.570. The number of nitrogens with zero attached hydrogens (tertiary/aromatic N) is 2. The van der Waals surface area contributed by atoms with E-state index in [0.717, 1.165) is 18.1 Å². The standard InChI is InChI=1S/C14H19N3S/c1-3-17-10-9-16-14(17)13(15-2)11-18-12-7-5-4-6-8-12/h4-10,13,15H,3,11H2,1-2H3. The molecule has 1 heterocycles. The summed E-state index contributed by atoms with van der Waals surface area (Å²) in [5, 5.41) is 3.35. The van der Waals surface area contributed by atoms with Gasteiger partial charge in [-0.1, -0.05) is 18.2 Å². The Hall–Kier alpha value is -1.26. The normalized spacial score (nSPS) is 12.6. The zero-order valence-corrected chi connectivity index (χ0v) is 11.7. The fourth-order valence-corrected chi connectivity index (χ4v) is 2.91. The Morgan fingerprint density at radius 2 is 2.11 bits per heavy atom. The van der Waals surface area contributed by atoms with Crippen molar-refractivity contribution in [2.24, 2.45) is 0 Å². The second kappa shape index (κ2) is 6.61. The van der Waals surface area contributed by atoms with Crippen LogP contribution in [0.5, 0.6) is 0 Å². The minimum Gasteiger partial charge on any atom is -0.334 e. The van der Waals surface area contributed by atoms with Gasteiger partial charge >= 0.3 is 0 Å². The summed E-state index contributed by atoms with van der Waals surface area (Å²) in [5.41, 5.74) is 0. The van der Waals surface area contributed by atoms with Gasteiger partial charge in [-0.05, 0) is 26.1 Å². The molecule has 2 rings (SSSR count). The van der Waals surface area contributed by atoms with E-state index in [2.05, 4.69) is 46.1 Å². The molecule has 1 aromatic carbocycles. The molecule has 1 N–H and O–H groups in total. The minimum absolute atomic E-state index is 0.283. The van der Waals surface area contributed by atoms with Gasteiger partial charge in [-0.3, -0.25) is 0 Å². The molecule has 1 unspecified atom stereocenters. The molecule has 96 valence electrons. The Morgan fingerprint density at radius 1 is 1.33 bits per heavy atom. The first-order chi connectivity index (χ1) is 8.85. The highest BCUT2D eigenvalue weighted by Crippen LogP contribution is 2.23. The van der Waals surface area contributed by atoms with Crippen LogP contribution < -0.4 is 5.32 Å². The van der Waals surface area contributed by atoms with Gasteiger partial charge in [0.25, 0.3) is 0 Å². The van der Waals surface area contributed by atoms with Gasteiger partial charge < -0.3 is 9.88 Å². The van der Waals surface area contributed by atoms with Gasteiger partial charge in [0.05, 0.1) is 6.04 Å². The highest BCUT2D eigenvalue weighted by Gasteiger charge is 2.14. The Morgan fingerprint density at radius 3 is 2.78 bits per heavy atom. The molecule has 0 fully saturated rings. The number of thioether (sulfide) groups is 1. The van der Waals surface area contributed by atoms with Crippen LogP contribution in [-0.4, -0.2) is 22.4 Å². The number of hydrogen-bond donors (Lipinski definition) is 1. The first-order valence-corrected chi connectivity index (χ1v) is 7.19. The molecule has 0 spiro atoms. The topological polar surface area (TPSA) is 29.9 Å². The Kier molecular flexibility index (Phi) is 4.84. The maximum Gasteiger partial charge on any atom is 0.126 e. The molecule has 0 aliphatic heterocycles. The van der Waals surface area contributed by atoms with E-state index >= 15 is 0 Å². The fraction of sp³-hybridized carbons (Fsp3) is 0.357. The van der Waals surface area contributed by atoms with Crippen LogP contribution in [0, 0.1) is 0 Å². The van der Waals surface area contributed by atoms with Crippen LogP contribution in [0.1, 0.15) is 18.8 Å². The molecule has 0 amide bonds. The summed E-state index contributed by atoms with van der Waals surface area (Å²) in [4.78, 5) is 5.76. The highest BCUT2D eigenvalue weighted by molar-refractivity contribution is 7.99. The molecular formula is C14H19N3S. The van der Waals surface area contributed by atoms with E-state index in [1.165, 1.54) is 4.90 Å². The molecule has 1 atom stereocenters. The van der Waals surface area contributed by atoms with Crippen LogP contribution in [0.25, 0.3) is 0 Å². The number of benzene rings is 1. The summed E-state index contributed by atoms with van der Waals surface area (Å²) < 4.78 is 2.19. The van der Waals surface area contributed by atoms with Gasteiger partial charge in [-0.2, -0.15) is 0 Å². The number of imidazole rings is 1. The van der Waals surface area contributed by atoms with E-state index in [1.54, 1.807) is 0 Å². The van der Waals surface area contributed by atoms with E-state index in [4.69, 9.17) is 0 Å². The molecule has 18 heavy (non-hydrogen) atoms. The molecule has 1 aromatic heterocycles. The van der Waals surface area contributed by atoms with E-state index in [0.29, 0.717) is 0 Å². The molecule has 0 saturated carbocycles. The Bertz CT molecular complexity index is 467. The van der Waals surface area contributed by atoms with Crippen molar-refractivity contribution >= 4 is 11.8 Å². The lowest BCUT2D eigenvalue weighted by Gasteiger charge is -2.16. The quantitative estimate of drug-likeness (QED) is 0.811. The monoisotopic (exact) mass is 261 g/mol. The van der Waals surface area contributed by atoms with Crippen molar-refractivity contribution in [3.8, 4) is 0 Å². The van der Waals surface area contributed by atoms with Crippen LogP contribution in [0.4, 0.5) is 0 Å². The van der Waals surface area contributed by atoms with Crippen molar-refractivity contribution in [3.63, 3.8) is 0 Å². The summed E-state index contributed by atoms with van der Waals surface area (Å²) in [5.74, 6) is 2.10. The predicted octanol–water partition coefficient (Wildman–Crippen LogP) is 2.96. The molecule has 0 saturated heterocycles. The zero-order valence-electron chi connectivity index (χ0n) is 10.8. The minimum atomic E-state index is 0.283. The maximum atomic E-state index is 4.46. The second-order valence-corrected chi connectivity index (χ2v) is 5.13. The third-order valence-corrected chi connectivity index (χ3v) is 4.01. The molecule has 0 aliphatic rings. The van der Waals surface area contributed by atoms with Crippen molar-refractivity contribution in [3.05, 3.63) is 48.5 Å². The van der Waals surface area contributed by atoms with Gasteiger partial charge in [0, 0.05) is 29.6 Å². The van der Waals surface area contributed by atoms with Gasteiger partial charge in [0.2, 0.25) is 0 Å². The lowest BCUT2D eigenvalue weighted by Crippen LogP contribution is -2.22. The number of hydrogen-bond acceptors (Lipinski definition) is 3. The number of rotatable bonds is 6. The summed E-state index contributed by atoms with van der Waals surface area (Å²) in [7, 11) is 1.99. The largest absolute Gasteiger partial charge is 0.334 e. The summed E-state index contributed by atoms with van der Waals surface area (Å²) in [6.45, 7) is 3.10. The van der Waals surface area contributed by atoms with Gasteiger partial charge in [0.1, 0.15) is 5.82 Å². The SMILES string of the molecule is CCn1ccnc1C(CSc1ccccc1)NC. The van der Waals surface area contributed by atoms with Gasteiger partial charge in [-0.15, -0.1) is 11.8 Å². The Labute approximate surface area is 113 Å². The molecule has 0 aliphatic carbocycles. The van der Waals surface area contributed by atoms with E-state index < -0.39 is 0 Å². The molecular weight excluding hydrogens is 242 g/mol. The number of aromatic nitrogens is 2. The van der Waals surface area contributed by atoms with Crippen LogP contribution in [0.15, 0.2) is 47.6 Å². The van der Waals surface area contributed by atoms with E-state index in [-0.39, 0.29) is 6.04 Å². The average molecular weight is 261 g/mol. The summed E-state index contributed by atoms with van der Waals surface area (Å²) >= 11 is 1.85. The molecule has 0 radical (unpaired) electrons. The van der Waals surface area contributed by atoms with Crippen LogP contribution in [-0.2, 0) is 6.54 Å². The lowest BCUT2D eigenvalue weighted by atomic mass is 10.3. The summed E-state index contributed by atoms with van der Waals surface area (Å²) in [6.07, 6.45) is 3.91. The van der Waals surface area contributed by atoms with Gasteiger partial charge in [0.15, 0.2) is 0 Å². The van der Waals surface area contributed by atoms with Crippen molar-refractivity contribution in [1.29, 1.82) is 0 Å². The van der Waals surface area contributed by atoms with Crippen molar-refractivity contribution in [1.82, 2.24) is 14.9 Å². The maximum absolute atomic E-state index is 4.46. The third-order valence-electron chi connectivity index (χ3n) is 2.91. The second-order valence-electron chi connectivity index (χ2n) is 4.04. The highest BCUT2D eigenvalue weighted by atomic mass is 32.2. The first-order valence-electron chi connectivity index (χ1n) is 6.21. The molecule has 3 nitrogen and oxygen atoms in total. The van der Waals surface area contributed by atoms with E-state index in [1.807, 2.05) is 37.3 Å². The smallest absolute Gasteiger partial charge is 0.126 e. The molecule has 2 aromatic rings. The van der Waals surface area contributed by atoms with Crippen molar-refractivity contribution in [2.75, 3.05) is 12.8 Å². The van der Waals surface area contributed by atoms with Crippen LogP contribution >= 0.6 is 11.8 Å². The zero-order chi connectivity index (χ0) is 12.8. The van der Waals surface area contributed by atoms with E-state index in [9.17, 15) is 0 Å². The van der Waals surface area contributed by atoms with Crippen LogP contribution in [0.3, 0.4) is 0 Å². The molecule has 4 heteroatoms. The average Bonchev–Trinajstić information content (AvgIpc) is 2.89. The molecule has 0 bridgehead atoms. The van der Waals surface area contributed by atoms with Crippen molar-refractivity contribution in [2.45, 2.75) is 24.4 Å². The number of nitrogens with one attached hydrogen (secondary N) is 1. The van der Waals surface area contributed by atoms with Crippen molar-refractivity contribution < 1.29 is 0 Å². The third kappa shape index (κ3) is 3.15. The first kappa shape index (κ1) is 13.2. The Balaban J connectivity index is 2.02. The van der Waals surface area contributed by atoms with Gasteiger partial charge in [-0.25, -0.2) is 4.98 Å². The fourth-order valence-electron chi connectivity index (χ4n) is 1.88. The summed E-state index contributed by atoms with van der Waals surface area (Å²) in [6, 6.07) is 10.8. The number of aryl methyl sites for hydroxylation is 1. The van der Waals surface area contributed by atoms with Crippen LogP contribution in [0.2, 0.25) is 0 Å². The predicted molar refractivity (Wildman–Crippen MR) is 76.9 cm³/mol.